The number of sulfonamides is 1. The van der Waals surface area contributed by atoms with Gasteiger partial charge in [-0.2, -0.15) is 0 Å². The van der Waals surface area contributed by atoms with Crippen molar-refractivity contribution in [1.82, 2.24) is 4.31 Å². The first-order valence-corrected chi connectivity index (χ1v) is 8.92. The molecule has 2 aromatic rings. The molecular formula is C17H18F2N2O3S. The minimum absolute atomic E-state index is 0.0601. The van der Waals surface area contributed by atoms with Crippen LogP contribution in [0.5, 0.6) is 0 Å². The Morgan fingerprint density at radius 3 is 2.08 bits per heavy atom. The number of amides is 1. The molecule has 134 valence electrons. The summed E-state index contributed by atoms with van der Waals surface area (Å²) in [6.45, 7) is 1.94. The van der Waals surface area contributed by atoms with Crippen LogP contribution in [0.2, 0.25) is 0 Å². The zero-order valence-corrected chi connectivity index (χ0v) is 14.8. The van der Waals surface area contributed by atoms with Gasteiger partial charge in [0.1, 0.15) is 0 Å². The Balaban J connectivity index is 2.33. The summed E-state index contributed by atoms with van der Waals surface area (Å²) in [5.74, 6) is -2.48. The second kappa shape index (κ2) is 7.28. The Kier molecular flexibility index (Phi) is 5.54. The van der Waals surface area contributed by atoms with Gasteiger partial charge >= 0.3 is 0 Å². The van der Waals surface area contributed by atoms with Crippen LogP contribution >= 0.6 is 0 Å². The zero-order valence-electron chi connectivity index (χ0n) is 14.0. The zero-order chi connectivity index (χ0) is 18.8. The molecule has 25 heavy (non-hydrogen) atoms. The number of hydrogen-bond acceptors (Lipinski definition) is 3. The number of hydrogen-bond donors (Lipinski definition) is 0. The molecule has 0 atom stereocenters. The molecule has 0 aliphatic heterocycles. The molecule has 0 heterocycles. The van der Waals surface area contributed by atoms with E-state index in [9.17, 15) is 22.0 Å². The van der Waals surface area contributed by atoms with Gasteiger partial charge in [-0.1, -0.05) is 0 Å². The van der Waals surface area contributed by atoms with Gasteiger partial charge in [-0.05, 0) is 43.3 Å². The van der Waals surface area contributed by atoms with E-state index in [4.69, 9.17) is 0 Å². The molecule has 0 fully saturated rings. The highest BCUT2D eigenvalue weighted by atomic mass is 32.2. The maximum atomic E-state index is 13.4. The van der Waals surface area contributed by atoms with Gasteiger partial charge in [0.2, 0.25) is 10.0 Å². The SMILES string of the molecule is CCN(C(=O)c1ccc(S(=O)(=O)N(C)C)cc1)c1ccc(F)c(F)c1. The number of halogens is 2. The van der Waals surface area contributed by atoms with Gasteiger partial charge in [0, 0.05) is 38.0 Å². The second-order valence-corrected chi connectivity index (χ2v) is 7.61. The maximum absolute atomic E-state index is 13.4. The number of carbonyl (C=O) groups is 1. The fraction of sp³-hybridized carbons (Fsp3) is 0.235. The first-order valence-electron chi connectivity index (χ1n) is 7.48. The molecule has 0 unspecified atom stereocenters. The highest BCUT2D eigenvalue weighted by Crippen LogP contribution is 2.21. The molecule has 0 saturated carbocycles. The Morgan fingerprint density at radius 2 is 1.60 bits per heavy atom. The van der Waals surface area contributed by atoms with Crippen LogP contribution in [0.25, 0.3) is 0 Å². The molecule has 0 spiro atoms. The quantitative estimate of drug-likeness (QED) is 0.815. The molecule has 2 aromatic carbocycles. The molecular weight excluding hydrogens is 350 g/mol. The Morgan fingerprint density at radius 1 is 1.00 bits per heavy atom. The Hall–Kier alpha value is -2.32. The fourth-order valence-electron chi connectivity index (χ4n) is 2.23. The van der Waals surface area contributed by atoms with E-state index in [1.165, 1.54) is 49.3 Å². The summed E-state index contributed by atoms with van der Waals surface area (Å²) in [4.78, 5) is 14.0. The molecule has 2 rings (SSSR count). The maximum Gasteiger partial charge on any atom is 0.258 e. The van der Waals surface area contributed by atoms with Crippen LogP contribution in [0.3, 0.4) is 0 Å². The van der Waals surface area contributed by atoms with Gasteiger partial charge < -0.3 is 4.90 Å². The van der Waals surface area contributed by atoms with E-state index in [-0.39, 0.29) is 22.7 Å². The summed E-state index contributed by atoms with van der Waals surface area (Å²) in [5, 5.41) is 0. The number of anilines is 1. The molecule has 0 aliphatic rings. The summed E-state index contributed by atoms with van der Waals surface area (Å²) in [7, 11) is -0.765. The van der Waals surface area contributed by atoms with Crippen molar-refractivity contribution >= 4 is 21.6 Å². The van der Waals surface area contributed by atoms with Crippen molar-refractivity contribution in [3.05, 3.63) is 59.7 Å². The molecule has 0 radical (unpaired) electrons. The van der Waals surface area contributed by atoms with Gasteiger partial charge in [0.05, 0.1) is 4.90 Å². The number of rotatable bonds is 5. The number of nitrogens with zero attached hydrogens (tertiary/aromatic N) is 2. The molecule has 0 aromatic heterocycles. The molecule has 0 aliphatic carbocycles. The number of carbonyl (C=O) groups excluding carboxylic acids is 1. The van der Waals surface area contributed by atoms with Crippen molar-refractivity contribution in [3.63, 3.8) is 0 Å². The molecule has 0 saturated heterocycles. The van der Waals surface area contributed by atoms with E-state index in [0.717, 1.165) is 16.4 Å². The highest BCUT2D eigenvalue weighted by Gasteiger charge is 2.20. The predicted octanol–water partition coefficient (Wildman–Crippen LogP) is 2.88. The summed E-state index contributed by atoms with van der Waals surface area (Å²) < 4.78 is 51.7. The van der Waals surface area contributed by atoms with Gasteiger partial charge in [0.15, 0.2) is 11.6 Å². The second-order valence-electron chi connectivity index (χ2n) is 5.46. The van der Waals surface area contributed by atoms with Crippen LogP contribution < -0.4 is 4.90 Å². The monoisotopic (exact) mass is 368 g/mol. The summed E-state index contributed by atoms with van der Waals surface area (Å²) in [5.41, 5.74) is 0.459. The third kappa shape index (κ3) is 3.85. The van der Waals surface area contributed by atoms with E-state index in [0.29, 0.717) is 0 Å². The topological polar surface area (TPSA) is 57.7 Å². The fourth-order valence-corrected chi connectivity index (χ4v) is 3.13. The van der Waals surface area contributed by atoms with E-state index in [1.54, 1.807) is 6.92 Å². The van der Waals surface area contributed by atoms with E-state index in [2.05, 4.69) is 0 Å². The molecule has 0 bridgehead atoms. The average Bonchev–Trinajstić information content (AvgIpc) is 2.58. The van der Waals surface area contributed by atoms with Gasteiger partial charge in [-0.3, -0.25) is 4.79 Å². The standard InChI is InChI=1S/C17H18F2N2O3S/c1-4-21(13-7-10-15(18)16(19)11-13)17(22)12-5-8-14(9-6-12)25(23,24)20(2)3/h5-11H,4H2,1-3H3. The van der Waals surface area contributed by atoms with Crippen LogP contribution in [0.1, 0.15) is 17.3 Å². The summed E-state index contributed by atoms with van der Waals surface area (Å²) in [6, 6.07) is 8.66. The van der Waals surface area contributed by atoms with Gasteiger partial charge in [0.25, 0.3) is 5.91 Å². The van der Waals surface area contributed by atoms with Crippen LogP contribution in [-0.4, -0.2) is 39.3 Å². The minimum atomic E-state index is -3.59. The lowest BCUT2D eigenvalue weighted by atomic mass is 10.1. The summed E-state index contributed by atoms with van der Waals surface area (Å²) >= 11 is 0. The minimum Gasteiger partial charge on any atom is -0.309 e. The van der Waals surface area contributed by atoms with Crippen LogP contribution in [0.4, 0.5) is 14.5 Å². The normalized spacial score (nSPS) is 11.6. The Labute approximate surface area is 145 Å². The van der Waals surface area contributed by atoms with Gasteiger partial charge in [-0.15, -0.1) is 0 Å². The van der Waals surface area contributed by atoms with Crippen molar-refractivity contribution in [2.75, 3.05) is 25.5 Å². The first-order chi connectivity index (χ1) is 11.7. The third-order valence-corrected chi connectivity index (χ3v) is 5.49. The molecule has 5 nitrogen and oxygen atoms in total. The third-order valence-electron chi connectivity index (χ3n) is 3.66. The van der Waals surface area contributed by atoms with Crippen LogP contribution in [-0.2, 0) is 10.0 Å². The largest absolute Gasteiger partial charge is 0.309 e. The van der Waals surface area contributed by atoms with E-state index in [1.807, 2.05) is 0 Å². The first kappa shape index (κ1) is 19.0. The lowest BCUT2D eigenvalue weighted by Gasteiger charge is -2.21. The summed E-state index contributed by atoms with van der Waals surface area (Å²) in [6.07, 6.45) is 0. The van der Waals surface area contributed by atoms with E-state index < -0.39 is 27.6 Å². The van der Waals surface area contributed by atoms with Gasteiger partial charge in [-0.25, -0.2) is 21.5 Å². The smallest absolute Gasteiger partial charge is 0.258 e. The number of benzene rings is 2. The molecule has 0 N–H and O–H groups in total. The van der Waals surface area contributed by atoms with Crippen molar-refractivity contribution in [2.24, 2.45) is 0 Å². The van der Waals surface area contributed by atoms with E-state index >= 15 is 0 Å². The van der Waals surface area contributed by atoms with Crippen LogP contribution in [0.15, 0.2) is 47.4 Å². The van der Waals surface area contributed by atoms with Crippen molar-refractivity contribution in [3.8, 4) is 0 Å². The van der Waals surface area contributed by atoms with Crippen molar-refractivity contribution < 1.29 is 22.0 Å². The lowest BCUT2D eigenvalue weighted by Crippen LogP contribution is -2.30. The van der Waals surface area contributed by atoms with Crippen molar-refractivity contribution in [2.45, 2.75) is 11.8 Å². The van der Waals surface area contributed by atoms with Crippen molar-refractivity contribution in [1.29, 1.82) is 0 Å². The Bertz CT molecular complexity index is 881. The predicted molar refractivity (Wildman–Crippen MR) is 91.0 cm³/mol. The average molecular weight is 368 g/mol. The molecule has 8 heteroatoms. The lowest BCUT2D eigenvalue weighted by molar-refractivity contribution is 0.0988. The van der Waals surface area contributed by atoms with Crippen LogP contribution in [0, 0.1) is 11.6 Å². The highest BCUT2D eigenvalue weighted by molar-refractivity contribution is 7.89. The molecule has 1 amide bonds.